The second-order valence-electron chi connectivity index (χ2n) is 7.23. The highest BCUT2D eigenvalue weighted by atomic mass is 35.5. The minimum absolute atomic E-state index is 0.123. The molecule has 0 aliphatic carbocycles. The number of anilines is 1. The largest absolute Gasteiger partial charge is 0.487 e. The summed E-state index contributed by atoms with van der Waals surface area (Å²) in [6, 6.07) is 10.7. The minimum atomic E-state index is -0.536. The van der Waals surface area contributed by atoms with Gasteiger partial charge >= 0.3 is 0 Å². The fourth-order valence-corrected chi connectivity index (χ4v) is 3.21. The number of amides is 2. The van der Waals surface area contributed by atoms with Crippen molar-refractivity contribution in [1.82, 2.24) is 14.7 Å². The summed E-state index contributed by atoms with van der Waals surface area (Å²) in [5.74, 6) is -0.332. The van der Waals surface area contributed by atoms with Gasteiger partial charge in [0, 0.05) is 38.3 Å². The van der Waals surface area contributed by atoms with Crippen molar-refractivity contribution in [1.29, 1.82) is 0 Å². The molecule has 0 bridgehead atoms. The number of nitrogens with one attached hydrogen (secondary N) is 1. The van der Waals surface area contributed by atoms with Crippen molar-refractivity contribution in [3.8, 4) is 5.75 Å². The number of nitro benzene ring substituents is 1. The molecule has 0 fully saturated rings. The fraction of sp³-hybridized carbons (Fsp3) is 0.227. The molecule has 1 aromatic heterocycles. The maximum atomic E-state index is 12.7. The smallest absolute Gasteiger partial charge is 0.273 e. The third kappa shape index (κ3) is 5.47. The van der Waals surface area contributed by atoms with E-state index in [1.807, 2.05) is 6.92 Å². The van der Waals surface area contributed by atoms with Crippen LogP contribution in [0.5, 0.6) is 5.75 Å². The molecule has 11 heteroatoms. The van der Waals surface area contributed by atoms with Crippen LogP contribution in [-0.2, 0) is 13.2 Å². The molecule has 33 heavy (non-hydrogen) atoms. The van der Waals surface area contributed by atoms with Crippen molar-refractivity contribution in [2.45, 2.75) is 20.1 Å². The predicted octanol–water partition coefficient (Wildman–Crippen LogP) is 4.00. The SMILES string of the molecule is CCn1ncc(NC(=O)c2ccc(COc3ccc([N+](=O)[O-])cc3Cl)cc2)c1C(=O)N(C)C. The number of aryl methyl sites for hydroxylation is 1. The van der Waals surface area contributed by atoms with Crippen LogP contribution in [0.2, 0.25) is 5.02 Å². The number of non-ortho nitro benzene ring substituents is 1. The van der Waals surface area contributed by atoms with Gasteiger partial charge < -0.3 is 15.0 Å². The first-order chi connectivity index (χ1) is 15.7. The average molecular weight is 472 g/mol. The molecule has 0 radical (unpaired) electrons. The van der Waals surface area contributed by atoms with Crippen LogP contribution >= 0.6 is 11.6 Å². The standard InChI is InChI=1S/C22H22ClN5O5/c1-4-27-20(22(30)26(2)3)18(12-24-27)25-21(29)15-7-5-14(6-8-15)13-33-19-10-9-16(28(31)32)11-17(19)23/h5-12H,4,13H2,1-3H3,(H,25,29). The first-order valence-electron chi connectivity index (χ1n) is 9.95. The minimum Gasteiger partial charge on any atom is -0.487 e. The van der Waals surface area contributed by atoms with Gasteiger partial charge in [-0.1, -0.05) is 23.7 Å². The molecule has 0 spiro atoms. The van der Waals surface area contributed by atoms with Gasteiger partial charge in [0.25, 0.3) is 17.5 Å². The van der Waals surface area contributed by atoms with E-state index in [0.717, 1.165) is 5.56 Å². The number of carbonyl (C=O) groups excluding carboxylic acids is 2. The lowest BCUT2D eigenvalue weighted by Crippen LogP contribution is -2.26. The summed E-state index contributed by atoms with van der Waals surface area (Å²) in [7, 11) is 3.26. The fourth-order valence-electron chi connectivity index (χ4n) is 2.98. The van der Waals surface area contributed by atoms with Crippen LogP contribution in [-0.4, -0.2) is 45.5 Å². The van der Waals surface area contributed by atoms with Gasteiger partial charge in [-0.3, -0.25) is 24.4 Å². The Morgan fingerprint density at radius 1 is 1.21 bits per heavy atom. The number of benzene rings is 2. The normalized spacial score (nSPS) is 10.5. The summed E-state index contributed by atoms with van der Waals surface area (Å²) in [6.45, 7) is 2.50. The zero-order valence-corrected chi connectivity index (χ0v) is 19.0. The van der Waals surface area contributed by atoms with Gasteiger partial charge in [0.05, 0.1) is 21.8 Å². The Morgan fingerprint density at radius 2 is 1.91 bits per heavy atom. The van der Waals surface area contributed by atoms with E-state index >= 15 is 0 Å². The topological polar surface area (TPSA) is 120 Å². The highest BCUT2D eigenvalue weighted by Crippen LogP contribution is 2.29. The lowest BCUT2D eigenvalue weighted by Gasteiger charge is -2.13. The number of halogens is 1. The van der Waals surface area contributed by atoms with Crippen LogP contribution in [0.3, 0.4) is 0 Å². The second-order valence-corrected chi connectivity index (χ2v) is 7.64. The Bertz CT molecular complexity index is 1190. The number of nitrogens with zero attached hydrogens (tertiary/aromatic N) is 4. The molecule has 0 saturated heterocycles. The van der Waals surface area contributed by atoms with Gasteiger partial charge in [0.1, 0.15) is 18.1 Å². The summed E-state index contributed by atoms with van der Waals surface area (Å²) >= 11 is 6.03. The van der Waals surface area contributed by atoms with Gasteiger partial charge in [-0.25, -0.2) is 0 Å². The third-order valence-electron chi connectivity index (χ3n) is 4.73. The van der Waals surface area contributed by atoms with Crippen LogP contribution < -0.4 is 10.1 Å². The number of hydrogen-bond acceptors (Lipinski definition) is 6. The summed E-state index contributed by atoms with van der Waals surface area (Å²) in [6.07, 6.45) is 1.45. The zero-order chi connectivity index (χ0) is 24.1. The molecule has 0 atom stereocenters. The van der Waals surface area contributed by atoms with E-state index in [1.54, 1.807) is 38.4 Å². The lowest BCUT2D eigenvalue weighted by molar-refractivity contribution is -0.384. The second kappa shape index (κ2) is 10.1. The van der Waals surface area contributed by atoms with Crippen molar-refractivity contribution in [3.63, 3.8) is 0 Å². The van der Waals surface area contributed by atoms with E-state index in [2.05, 4.69) is 10.4 Å². The van der Waals surface area contributed by atoms with Gasteiger partial charge in [0.2, 0.25) is 0 Å². The molecule has 0 saturated carbocycles. The van der Waals surface area contributed by atoms with Gasteiger partial charge in [0.15, 0.2) is 0 Å². The van der Waals surface area contributed by atoms with E-state index in [4.69, 9.17) is 16.3 Å². The highest BCUT2D eigenvalue weighted by molar-refractivity contribution is 6.32. The van der Waals surface area contributed by atoms with Gasteiger partial charge in [-0.2, -0.15) is 5.10 Å². The van der Waals surface area contributed by atoms with E-state index in [1.165, 1.54) is 34.0 Å². The summed E-state index contributed by atoms with van der Waals surface area (Å²) in [5, 5.41) is 17.8. The molecule has 0 aliphatic rings. The molecule has 3 aromatic rings. The Balaban J connectivity index is 1.67. The maximum Gasteiger partial charge on any atom is 0.273 e. The van der Waals surface area contributed by atoms with Crippen molar-refractivity contribution >= 4 is 34.8 Å². The molecular weight excluding hydrogens is 450 g/mol. The molecule has 2 aromatic carbocycles. The first kappa shape index (κ1) is 23.7. The highest BCUT2D eigenvalue weighted by Gasteiger charge is 2.21. The van der Waals surface area contributed by atoms with Crippen molar-refractivity contribution in [3.05, 3.63) is 80.6 Å². The molecule has 1 N–H and O–H groups in total. The van der Waals surface area contributed by atoms with Gasteiger partial charge in [-0.05, 0) is 30.7 Å². The maximum absolute atomic E-state index is 12.7. The monoisotopic (exact) mass is 471 g/mol. The van der Waals surface area contributed by atoms with E-state index in [-0.39, 0.29) is 29.1 Å². The van der Waals surface area contributed by atoms with Crippen molar-refractivity contribution < 1.29 is 19.2 Å². The molecular formula is C22H22ClN5O5. The quantitative estimate of drug-likeness (QED) is 0.391. The number of carbonyl (C=O) groups is 2. The van der Waals surface area contributed by atoms with Crippen LogP contribution in [0.1, 0.15) is 33.3 Å². The van der Waals surface area contributed by atoms with Crippen LogP contribution in [0.4, 0.5) is 11.4 Å². The third-order valence-corrected chi connectivity index (χ3v) is 5.03. The van der Waals surface area contributed by atoms with E-state index in [9.17, 15) is 19.7 Å². The Labute approximate surface area is 194 Å². The van der Waals surface area contributed by atoms with Crippen LogP contribution in [0.15, 0.2) is 48.7 Å². The summed E-state index contributed by atoms with van der Waals surface area (Å²) < 4.78 is 7.15. The van der Waals surface area contributed by atoms with E-state index in [0.29, 0.717) is 29.2 Å². The van der Waals surface area contributed by atoms with Gasteiger partial charge in [-0.15, -0.1) is 0 Å². The summed E-state index contributed by atoms with van der Waals surface area (Å²) in [5.41, 5.74) is 1.67. The molecule has 3 rings (SSSR count). The molecule has 2 amide bonds. The summed E-state index contributed by atoms with van der Waals surface area (Å²) in [4.78, 5) is 36.9. The predicted molar refractivity (Wildman–Crippen MR) is 123 cm³/mol. The average Bonchev–Trinajstić information content (AvgIpc) is 3.20. The lowest BCUT2D eigenvalue weighted by atomic mass is 10.1. The number of rotatable bonds is 8. The Morgan fingerprint density at radius 3 is 2.48 bits per heavy atom. The first-order valence-corrected chi connectivity index (χ1v) is 10.3. The van der Waals surface area contributed by atoms with E-state index < -0.39 is 4.92 Å². The number of ether oxygens (including phenoxy) is 1. The molecule has 1 heterocycles. The molecule has 10 nitrogen and oxygen atoms in total. The Hall–Kier alpha value is -3.92. The molecule has 172 valence electrons. The zero-order valence-electron chi connectivity index (χ0n) is 18.2. The molecule has 0 aliphatic heterocycles. The Kier molecular flexibility index (Phi) is 7.29. The van der Waals surface area contributed by atoms with Crippen molar-refractivity contribution in [2.75, 3.05) is 19.4 Å². The van der Waals surface area contributed by atoms with Crippen LogP contribution in [0.25, 0.3) is 0 Å². The number of aromatic nitrogens is 2. The number of nitro groups is 1. The number of hydrogen-bond donors (Lipinski definition) is 1. The molecule has 0 unspecified atom stereocenters. The van der Waals surface area contributed by atoms with Crippen LogP contribution in [0, 0.1) is 10.1 Å². The van der Waals surface area contributed by atoms with Crippen molar-refractivity contribution in [2.24, 2.45) is 0 Å².